The number of ether oxygens (including phenoxy) is 3. The van der Waals surface area contributed by atoms with Crippen molar-refractivity contribution in [1.29, 1.82) is 0 Å². The predicted octanol–water partition coefficient (Wildman–Crippen LogP) is 1.93. The van der Waals surface area contributed by atoms with Crippen LogP contribution < -0.4 is 24.4 Å². The standard InChI is InChI=1S/C21H22N2O5/c24-20(14-23-16-3-1-2-4-17(16)26-10-8-21(23)25)22-9-7-15-5-6-18-19(13-15)28-12-11-27-18/h1-6,13H,7-12,14H2,(H,22,24). The molecule has 0 unspecified atom stereocenters. The first-order chi connectivity index (χ1) is 13.7. The SMILES string of the molecule is O=C(CN1C(=O)CCOc2ccccc21)NCCc1ccc2c(c1)OCCO2. The van der Waals surface area contributed by atoms with Gasteiger partial charge in [-0.3, -0.25) is 14.5 Å². The summed E-state index contributed by atoms with van der Waals surface area (Å²) in [5.41, 5.74) is 1.68. The summed E-state index contributed by atoms with van der Waals surface area (Å²) in [5, 5.41) is 2.88. The van der Waals surface area contributed by atoms with Gasteiger partial charge in [0.25, 0.3) is 0 Å². The highest BCUT2D eigenvalue weighted by molar-refractivity contribution is 6.00. The molecule has 146 valence electrons. The molecule has 0 spiro atoms. The Morgan fingerprint density at radius 3 is 2.64 bits per heavy atom. The van der Waals surface area contributed by atoms with Gasteiger partial charge in [-0.05, 0) is 36.2 Å². The highest BCUT2D eigenvalue weighted by Gasteiger charge is 2.24. The molecule has 0 aliphatic carbocycles. The molecule has 2 aliphatic rings. The molecular formula is C21H22N2O5. The summed E-state index contributed by atoms with van der Waals surface area (Å²) in [7, 11) is 0. The quantitative estimate of drug-likeness (QED) is 0.855. The van der Waals surface area contributed by atoms with E-state index in [1.54, 1.807) is 12.1 Å². The zero-order valence-corrected chi connectivity index (χ0v) is 15.5. The van der Waals surface area contributed by atoms with Crippen molar-refractivity contribution in [2.45, 2.75) is 12.8 Å². The van der Waals surface area contributed by atoms with Crippen molar-refractivity contribution in [3.8, 4) is 17.2 Å². The van der Waals surface area contributed by atoms with Crippen LogP contribution in [0.1, 0.15) is 12.0 Å². The largest absolute Gasteiger partial charge is 0.491 e. The number of hydrogen-bond donors (Lipinski definition) is 1. The second-order valence-electron chi connectivity index (χ2n) is 6.62. The number of fused-ring (bicyclic) bond motifs is 2. The van der Waals surface area contributed by atoms with Crippen LogP contribution in [-0.4, -0.2) is 44.7 Å². The number of nitrogens with one attached hydrogen (secondary N) is 1. The van der Waals surface area contributed by atoms with E-state index in [4.69, 9.17) is 14.2 Å². The van der Waals surface area contributed by atoms with Crippen LogP contribution >= 0.6 is 0 Å². The third kappa shape index (κ3) is 4.03. The number of amides is 2. The number of para-hydroxylation sites is 2. The minimum atomic E-state index is -0.206. The topological polar surface area (TPSA) is 77.1 Å². The molecular weight excluding hydrogens is 360 g/mol. The molecule has 7 heteroatoms. The fraction of sp³-hybridized carbons (Fsp3) is 0.333. The van der Waals surface area contributed by atoms with Crippen LogP contribution in [0.15, 0.2) is 42.5 Å². The monoisotopic (exact) mass is 382 g/mol. The molecule has 1 N–H and O–H groups in total. The van der Waals surface area contributed by atoms with E-state index in [9.17, 15) is 9.59 Å². The van der Waals surface area contributed by atoms with Gasteiger partial charge in [-0.2, -0.15) is 0 Å². The second kappa shape index (κ2) is 8.21. The summed E-state index contributed by atoms with van der Waals surface area (Å²) in [5.74, 6) is 1.79. The summed E-state index contributed by atoms with van der Waals surface area (Å²) in [6, 6.07) is 13.1. The Hall–Kier alpha value is -3.22. The molecule has 2 heterocycles. The van der Waals surface area contributed by atoms with E-state index >= 15 is 0 Å². The third-order valence-corrected chi connectivity index (χ3v) is 4.67. The molecule has 0 radical (unpaired) electrons. The predicted molar refractivity (Wildman–Crippen MR) is 103 cm³/mol. The van der Waals surface area contributed by atoms with Crippen molar-refractivity contribution in [2.24, 2.45) is 0 Å². The van der Waals surface area contributed by atoms with Crippen molar-refractivity contribution in [2.75, 3.05) is 37.8 Å². The Balaban J connectivity index is 1.34. The Morgan fingerprint density at radius 2 is 1.75 bits per heavy atom. The van der Waals surface area contributed by atoms with Gasteiger partial charge in [-0.15, -0.1) is 0 Å². The van der Waals surface area contributed by atoms with E-state index < -0.39 is 0 Å². The van der Waals surface area contributed by atoms with Crippen molar-refractivity contribution in [1.82, 2.24) is 5.32 Å². The first kappa shape index (κ1) is 18.2. The molecule has 0 saturated carbocycles. The van der Waals surface area contributed by atoms with E-state index in [0.717, 1.165) is 17.1 Å². The molecule has 2 aromatic carbocycles. The van der Waals surface area contributed by atoms with E-state index in [1.165, 1.54) is 4.90 Å². The van der Waals surface area contributed by atoms with Crippen molar-refractivity contribution in [3.05, 3.63) is 48.0 Å². The summed E-state index contributed by atoms with van der Waals surface area (Å²) in [6.45, 7) is 1.87. The maximum Gasteiger partial charge on any atom is 0.240 e. The lowest BCUT2D eigenvalue weighted by Gasteiger charge is -2.21. The van der Waals surface area contributed by atoms with Crippen LogP contribution in [0.3, 0.4) is 0 Å². The van der Waals surface area contributed by atoms with Crippen molar-refractivity contribution < 1.29 is 23.8 Å². The lowest BCUT2D eigenvalue weighted by atomic mass is 10.1. The molecule has 7 nitrogen and oxygen atoms in total. The average Bonchev–Trinajstić information content (AvgIpc) is 2.87. The van der Waals surface area contributed by atoms with Gasteiger partial charge in [0.15, 0.2) is 11.5 Å². The zero-order valence-electron chi connectivity index (χ0n) is 15.5. The van der Waals surface area contributed by atoms with Crippen molar-refractivity contribution in [3.63, 3.8) is 0 Å². The number of rotatable bonds is 5. The van der Waals surface area contributed by atoms with Gasteiger partial charge in [0.05, 0.1) is 18.7 Å². The number of hydrogen-bond acceptors (Lipinski definition) is 5. The van der Waals surface area contributed by atoms with Gasteiger partial charge in [0.2, 0.25) is 11.8 Å². The van der Waals surface area contributed by atoms with E-state index in [2.05, 4.69) is 5.32 Å². The molecule has 4 rings (SSSR count). The molecule has 0 fully saturated rings. The minimum Gasteiger partial charge on any atom is -0.491 e. The Bertz CT molecular complexity index is 883. The normalized spacial score (nSPS) is 15.3. The zero-order chi connectivity index (χ0) is 19.3. The smallest absolute Gasteiger partial charge is 0.240 e. The second-order valence-corrected chi connectivity index (χ2v) is 6.62. The molecule has 2 aliphatic heterocycles. The first-order valence-corrected chi connectivity index (χ1v) is 9.38. The van der Waals surface area contributed by atoms with Gasteiger partial charge in [-0.25, -0.2) is 0 Å². The fourth-order valence-electron chi connectivity index (χ4n) is 3.28. The number of benzene rings is 2. The van der Waals surface area contributed by atoms with Crippen LogP contribution in [-0.2, 0) is 16.0 Å². The van der Waals surface area contributed by atoms with E-state index in [-0.39, 0.29) is 24.8 Å². The first-order valence-electron chi connectivity index (χ1n) is 9.38. The summed E-state index contributed by atoms with van der Waals surface area (Å²) < 4.78 is 16.7. The fourth-order valence-corrected chi connectivity index (χ4v) is 3.28. The lowest BCUT2D eigenvalue weighted by Crippen LogP contribution is -2.41. The number of anilines is 1. The molecule has 2 amide bonds. The van der Waals surface area contributed by atoms with Gasteiger partial charge in [-0.1, -0.05) is 18.2 Å². The van der Waals surface area contributed by atoms with Crippen molar-refractivity contribution >= 4 is 17.5 Å². The molecule has 0 bridgehead atoms. The van der Waals surface area contributed by atoms with Gasteiger partial charge < -0.3 is 19.5 Å². The third-order valence-electron chi connectivity index (χ3n) is 4.67. The van der Waals surface area contributed by atoms with Gasteiger partial charge in [0.1, 0.15) is 25.5 Å². The molecule has 28 heavy (non-hydrogen) atoms. The number of carbonyl (C=O) groups is 2. The molecule has 0 saturated heterocycles. The maximum atomic E-state index is 12.4. The molecule has 2 aromatic rings. The summed E-state index contributed by atoms with van der Waals surface area (Å²) in [6.07, 6.45) is 0.912. The van der Waals surface area contributed by atoms with Crippen LogP contribution in [0.2, 0.25) is 0 Å². The number of carbonyl (C=O) groups excluding carboxylic acids is 2. The Labute approximate surface area is 163 Å². The lowest BCUT2D eigenvalue weighted by molar-refractivity contribution is -0.123. The van der Waals surface area contributed by atoms with Gasteiger partial charge >= 0.3 is 0 Å². The highest BCUT2D eigenvalue weighted by Crippen LogP contribution is 2.31. The maximum absolute atomic E-state index is 12.4. The molecule has 0 aromatic heterocycles. The van der Waals surface area contributed by atoms with Gasteiger partial charge in [0, 0.05) is 6.54 Å². The van der Waals surface area contributed by atoms with Crippen LogP contribution in [0.25, 0.3) is 0 Å². The average molecular weight is 382 g/mol. The minimum absolute atomic E-state index is 0.0274. The van der Waals surface area contributed by atoms with Crippen LogP contribution in [0, 0.1) is 0 Å². The highest BCUT2D eigenvalue weighted by atomic mass is 16.6. The van der Waals surface area contributed by atoms with E-state index in [1.807, 2.05) is 30.3 Å². The number of nitrogens with zero attached hydrogens (tertiary/aromatic N) is 1. The van der Waals surface area contributed by atoms with Crippen LogP contribution in [0.5, 0.6) is 17.2 Å². The van der Waals surface area contributed by atoms with Crippen LogP contribution in [0.4, 0.5) is 5.69 Å². The summed E-state index contributed by atoms with van der Waals surface area (Å²) in [4.78, 5) is 26.3. The Morgan fingerprint density at radius 1 is 0.964 bits per heavy atom. The Kier molecular flexibility index (Phi) is 5.32. The summed E-state index contributed by atoms with van der Waals surface area (Å²) >= 11 is 0. The molecule has 0 atom stereocenters. The van der Waals surface area contributed by atoms with E-state index in [0.29, 0.717) is 44.2 Å².